The smallest absolute Gasteiger partial charge is 0.299 e. The maximum absolute atomic E-state index is 11.5. The maximum Gasteiger partial charge on any atom is 0.540 e. The van der Waals surface area contributed by atoms with Gasteiger partial charge in [-0.1, -0.05) is 11.6 Å². The molecule has 2 N–H and O–H groups in total. The quantitative estimate of drug-likeness (QED) is 0.778. The van der Waals surface area contributed by atoms with Crippen molar-refractivity contribution < 1.29 is 18.0 Å². The van der Waals surface area contributed by atoms with Crippen LogP contribution in [0.1, 0.15) is 0 Å². The summed E-state index contributed by atoms with van der Waals surface area (Å²) in [5.41, 5.74) is 4.12. The third kappa shape index (κ3) is 4.31. The van der Waals surface area contributed by atoms with Crippen molar-refractivity contribution in [2.75, 3.05) is 5.43 Å². The number of anilines is 1. The molecule has 3 nitrogen and oxygen atoms in total. The Morgan fingerprint density at radius 1 is 1.14 bits per heavy atom. The lowest BCUT2D eigenvalue weighted by Crippen LogP contribution is -2.30. The topological polar surface area (TPSA) is 33.3 Å². The Hall–Kier alpha value is -0.980. The number of hydrogen-bond donors (Lipinski definition) is 2. The van der Waals surface area contributed by atoms with Crippen LogP contribution in [0.4, 0.5) is 18.9 Å². The third-order valence-electron chi connectivity index (χ3n) is 1.21. The van der Waals surface area contributed by atoms with Crippen LogP contribution in [-0.2, 0) is 4.84 Å². The summed E-state index contributed by atoms with van der Waals surface area (Å²) in [6.07, 6.45) is -4.72. The van der Waals surface area contributed by atoms with Gasteiger partial charge in [-0.05, 0) is 24.3 Å². The second-order valence-electron chi connectivity index (χ2n) is 2.28. The molecule has 0 aliphatic carbocycles. The zero-order valence-corrected chi connectivity index (χ0v) is 7.49. The summed E-state index contributed by atoms with van der Waals surface area (Å²) in [5.74, 6) is 0. The van der Waals surface area contributed by atoms with Crippen LogP contribution in [0.2, 0.25) is 5.02 Å². The molecule has 0 amide bonds. The Morgan fingerprint density at radius 3 is 2.21 bits per heavy atom. The van der Waals surface area contributed by atoms with Crippen molar-refractivity contribution in [2.24, 2.45) is 0 Å². The van der Waals surface area contributed by atoms with Crippen molar-refractivity contribution in [1.82, 2.24) is 5.59 Å². The SMILES string of the molecule is FC(F)(F)ONNc1ccc(Cl)cc1. The number of nitrogens with one attached hydrogen (secondary N) is 2. The molecule has 0 saturated heterocycles. The molecular weight excluding hydrogens is 221 g/mol. The summed E-state index contributed by atoms with van der Waals surface area (Å²) in [4.78, 5) is 3.27. The second-order valence-corrected chi connectivity index (χ2v) is 2.72. The molecule has 0 bridgehead atoms. The number of benzene rings is 1. The summed E-state index contributed by atoms with van der Waals surface area (Å²) in [7, 11) is 0. The molecule has 0 aliphatic heterocycles. The minimum absolute atomic E-state index is 0.402. The van der Waals surface area contributed by atoms with Crippen molar-refractivity contribution in [3.63, 3.8) is 0 Å². The van der Waals surface area contributed by atoms with Crippen LogP contribution in [-0.4, -0.2) is 6.36 Å². The van der Waals surface area contributed by atoms with E-state index in [0.29, 0.717) is 10.7 Å². The first-order valence-electron chi connectivity index (χ1n) is 3.49. The standard InChI is InChI=1S/C7H6ClF3N2O/c8-5-1-3-6(4-2-5)12-13-14-7(9,10)11/h1-4,12-13H. The minimum Gasteiger partial charge on any atom is -0.299 e. The number of alkyl halides is 3. The highest BCUT2D eigenvalue weighted by atomic mass is 35.5. The van der Waals surface area contributed by atoms with Crippen LogP contribution >= 0.6 is 11.6 Å². The van der Waals surface area contributed by atoms with E-state index in [0.717, 1.165) is 0 Å². The summed E-state index contributed by atoms with van der Waals surface area (Å²) in [5, 5.41) is 0.493. The van der Waals surface area contributed by atoms with Crippen LogP contribution in [0.3, 0.4) is 0 Å². The van der Waals surface area contributed by atoms with E-state index in [1.54, 1.807) is 5.59 Å². The predicted molar refractivity (Wildman–Crippen MR) is 45.4 cm³/mol. The molecule has 0 unspecified atom stereocenters. The lowest BCUT2D eigenvalue weighted by Gasteiger charge is -2.09. The van der Waals surface area contributed by atoms with E-state index in [1.807, 2.05) is 0 Å². The molecule has 0 aliphatic rings. The molecule has 78 valence electrons. The average Bonchev–Trinajstić information content (AvgIpc) is 2.06. The van der Waals surface area contributed by atoms with Crippen molar-refractivity contribution in [3.05, 3.63) is 29.3 Å². The first-order chi connectivity index (χ1) is 6.47. The van der Waals surface area contributed by atoms with Gasteiger partial charge in [0, 0.05) is 5.02 Å². The van der Waals surface area contributed by atoms with Crippen molar-refractivity contribution in [3.8, 4) is 0 Å². The van der Waals surface area contributed by atoms with Gasteiger partial charge in [0.05, 0.1) is 5.69 Å². The van der Waals surface area contributed by atoms with Gasteiger partial charge < -0.3 is 0 Å². The van der Waals surface area contributed by atoms with E-state index in [-0.39, 0.29) is 0 Å². The monoisotopic (exact) mass is 226 g/mol. The molecule has 0 saturated carbocycles. The highest BCUT2D eigenvalue weighted by molar-refractivity contribution is 6.30. The van der Waals surface area contributed by atoms with Crippen molar-refractivity contribution in [1.29, 1.82) is 0 Å². The fraction of sp³-hybridized carbons (Fsp3) is 0.143. The average molecular weight is 227 g/mol. The van der Waals surface area contributed by atoms with Crippen LogP contribution in [0.25, 0.3) is 0 Å². The predicted octanol–water partition coefficient (Wildman–Crippen LogP) is 2.71. The van der Waals surface area contributed by atoms with Crippen molar-refractivity contribution in [2.45, 2.75) is 6.36 Å². The largest absolute Gasteiger partial charge is 0.540 e. The zero-order valence-electron chi connectivity index (χ0n) is 6.73. The first kappa shape index (κ1) is 11.1. The molecule has 0 fully saturated rings. The maximum atomic E-state index is 11.5. The Labute approximate surface area is 82.7 Å². The van der Waals surface area contributed by atoms with E-state index in [1.165, 1.54) is 24.3 Å². The van der Waals surface area contributed by atoms with E-state index in [4.69, 9.17) is 11.6 Å². The minimum atomic E-state index is -4.72. The van der Waals surface area contributed by atoms with Gasteiger partial charge in [-0.3, -0.25) is 5.43 Å². The fourth-order valence-electron chi connectivity index (χ4n) is 0.676. The molecule has 1 aromatic carbocycles. The summed E-state index contributed by atoms with van der Waals surface area (Å²) < 4.78 is 34.4. The van der Waals surface area contributed by atoms with Crippen molar-refractivity contribution >= 4 is 17.3 Å². The van der Waals surface area contributed by atoms with Gasteiger partial charge in [-0.15, -0.1) is 18.8 Å². The summed E-state index contributed by atoms with van der Waals surface area (Å²) in [6.45, 7) is 0. The number of rotatable bonds is 3. The van der Waals surface area contributed by atoms with Gasteiger partial charge in [-0.25, -0.2) is 0 Å². The highest BCUT2D eigenvalue weighted by Gasteiger charge is 2.29. The molecule has 0 radical (unpaired) electrons. The Balaban J connectivity index is 2.35. The lowest BCUT2D eigenvalue weighted by atomic mass is 10.3. The fourth-order valence-corrected chi connectivity index (χ4v) is 0.802. The lowest BCUT2D eigenvalue weighted by molar-refractivity contribution is -0.347. The van der Waals surface area contributed by atoms with Gasteiger partial charge in [0.2, 0.25) is 0 Å². The second kappa shape index (κ2) is 4.50. The third-order valence-corrected chi connectivity index (χ3v) is 1.46. The summed E-state index contributed by atoms with van der Waals surface area (Å²) in [6, 6.07) is 6.04. The van der Waals surface area contributed by atoms with Crippen LogP contribution in [0, 0.1) is 0 Å². The molecule has 7 heteroatoms. The molecule has 0 heterocycles. The van der Waals surface area contributed by atoms with Crippen LogP contribution in [0.15, 0.2) is 24.3 Å². The number of hydrazine groups is 1. The first-order valence-corrected chi connectivity index (χ1v) is 3.86. The van der Waals surface area contributed by atoms with Gasteiger partial charge >= 0.3 is 6.36 Å². The van der Waals surface area contributed by atoms with E-state index >= 15 is 0 Å². The number of halogens is 4. The molecule has 0 atom stereocenters. The van der Waals surface area contributed by atoms with Gasteiger partial charge in [-0.2, -0.15) is 4.84 Å². The summed E-state index contributed by atoms with van der Waals surface area (Å²) >= 11 is 5.56. The highest BCUT2D eigenvalue weighted by Crippen LogP contribution is 2.15. The normalized spacial score (nSPS) is 11.4. The molecule has 14 heavy (non-hydrogen) atoms. The molecule has 0 aromatic heterocycles. The molecular formula is C7H6ClF3N2O. The van der Waals surface area contributed by atoms with Gasteiger partial charge in [0.15, 0.2) is 0 Å². The van der Waals surface area contributed by atoms with E-state index < -0.39 is 6.36 Å². The van der Waals surface area contributed by atoms with E-state index in [9.17, 15) is 13.2 Å². The Bertz CT molecular complexity index is 288. The molecule has 1 aromatic rings. The Kier molecular flexibility index (Phi) is 3.56. The van der Waals surface area contributed by atoms with Gasteiger partial charge in [0.1, 0.15) is 0 Å². The van der Waals surface area contributed by atoms with Crippen LogP contribution < -0.4 is 11.0 Å². The molecule has 0 spiro atoms. The van der Waals surface area contributed by atoms with Gasteiger partial charge in [0.25, 0.3) is 0 Å². The molecule has 1 rings (SSSR count). The van der Waals surface area contributed by atoms with E-state index in [2.05, 4.69) is 10.3 Å². The Morgan fingerprint density at radius 2 is 1.71 bits per heavy atom. The van der Waals surface area contributed by atoms with Crippen LogP contribution in [0.5, 0.6) is 0 Å². The zero-order chi connectivity index (χ0) is 10.6. The number of hydrogen-bond acceptors (Lipinski definition) is 3.